The van der Waals surface area contributed by atoms with Crippen molar-refractivity contribution in [2.45, 2.75) is 19.1 Å². The van der Waals surface area contributed by atoms with Crippen LogP contribution < -0.4 is 10.6 Å². The van der Waals surface area contributed by atoms with Crippen LogP contribution in [0.1, 0.15) is 22.7 Å². The van der Waals surface area contributed by atoms with E-state index in [1.807, 2.05) is 91.0 Å². The number of benzene rings is 3. The molecule has 1 fully saturated rings. The van der Waals surface area contributed by atoms with Crippen LogP contribution >= 0.6 is 0 Å². The van der Waals surface area contributed by atoms with Crippen molar-refractivity contribution in [1.29, 1.82) is 0 Å². The highest BCUT2D eigenvalue weighted by molar-refractivity contribution is 5.90. The Kier molecular flexibility index (Phi) is 8.32. The first kappa shape index (κ1) is 26.8. The Morgan fingerprint density at radius 2 is 1.65 bits per heavy atom. The minimum absolute atomic E-state index is 0.0715. The fraction of sp³-hybridized carbons (Fsp3) is 0.226. The summed E-state index contributed by atoms with van der Waals surface area (Å²) < 4.78 is 0. The number of para-hydroxylation sites is 1. The molecule has 2 N–H and O–H groups in total. The third-order valence-electron chi connectivity index (χ3n) is 7.06. The molecule has 0 saturated carbocycles. The molecule has 3 aromatic carbocycles. The van der Waals surface area contributed by atoms with Crippen molar-refractivity contribution < 1.29 is 14.4 Å². The second-order valence-corrected chi connectivity index (χ2v) is 9.71. The molecule has 2 heterocycles. The van der Waals surface area contributed by atoms with Gasteiger partial charge in [0.25, 0.3) is 0 Å². The lowest BCUT2D eigenvalue weighted by Gasteiger charge is -2.32. The lowest BCUT2D eigenvalue weighted by molar-refractivity contribution is -0.136. The highest BCUT2D eigenvalue weighted by atomic mass is 16.2. The van der Waals surface area contributed by atoms with Crippen LogP contribution in [0.4, 0.5) is 4.79 Å². The molecule has 1 aliphatic heterocycles. The summed E-state index contributed by atoms with van der Waals surface area (Å²) in [4.78, 5) is 46.4. The van der Waals surface area contributed by atoms with Gasteiger partial charge in [-0.05, 0) is 28.8 Å². The summed E-state index contributed by atoms with van der Waals surface area (Å²) in [5, 5.41) is 9.86. The summed E-state index contributed by atoms with van der Waals surface area (Å²) in [5.41, 5.74) is 3.48. The molecule has 0 unspecified atom stereocenters. The zero-order chi connectivity index (χ0) is 27.9. The number of urea groups is 1. The third-order valence-corrected chi connectivity index (χ3v) is 7.06. The van der Waals surface area contributed by atoms with Crippen LogP contribution in [0.3, 0.4) is 0 Å². The number of amides is 4. The third kappa shape index (κ3) is 6.27. The lowest BCUT2D eigenvalue weighted by Crippen LogP contribution is -2.52. The first-order chi connectivity index (χ1) is 19.5. The van der Waals surface area contributed by atoms with Gasteiger partial charge in [-0.1, -0.05) is 78.9 Å². The molecule has 4 aromatic rings. The Hall–Kier alpha value is -4.76. The molecule has 9 heteroatoms. The van der Waals surface area contributed by atoms with E-state index in [9.17, 15) is 14.4 Å². The smallest absolute Gasteiger partial charge is 0.331 e. The molecule has 1 aromatic heterocycles. The zero-order valence-corrected chi connectivity index (χ0v) is 22.4. The number of nitrogens with zero attached hydrogens (tertiary/aromatic N) is 4. The molecule has 9 nitrogen and oxygen atoms in total. The predicted octanol–water partition coefficient (Wildman–Crippen LogP) is 3.49. The monoisotopic (exact) mass is 536 g/mol. The predicted molar refractivity (Wildman–Crippen MR) is 152 cm³/mol. The standard InChI is InChI=1S/C31H32N6O3/c1-35(31(40)33-20-23-10-4-2-5-11-23)37-19-18-36(21-25-16-17-32-27-15-9-8-14-26(25)27)30(39)29(34-28(38)22-37)24-12-6-3-7-13-24/h2-17,29H,18-22H2,1H3,(H,33,40)(H,34,38)/t29-/m0/s1. The number of pyridine rings is 1. The van der Waals surface area contributed by atoms with Crippen LogP contribution in [0.15, 0.2) is 97.2 Å². The number of nitrogens with one attached hydrogen (secondary N) is 2. The van der Waals surface area contributed by atoms with Crippen molar-refractivity contribution in [2.75, 3.05) is 26.7 Å². The summed E-state index contributed by atoms with van der Waals surface area (Å²) in [5.74, 6) is -0.556. The van der Waals surface area contributed by atoms with E-state index in [2.05, 4.69) is 15.6 Å². The van der Waals surface area contributed by atoms with Gasteiger partial charge in [0.1, 0.15) is 6.04 Å². The average molecular weight is 537 g/mol. The summed E-state index contributed by atoms with van der Waals surface area (Å²) in [6.45, 7) is 1.22. The van der Waals surface area contributed by atoms with Gasteiger partial charge in [-0.2, -0.15) is 0 Å². The number of fused-ring (bicyclic) bond motifs is 1. The van der Waals surface area contributed by atoms with Crippen LogP contribution in [0, 0.1) is 0 Å². The minimum atomic E-state index is -0.848. The van der Waals surface area contributed by atoms with Crippen molar-refractivity contribution in [3.63, 3.8) is 0 Å². The van der Waals surface area contributed by atoms with Crippen molar-refractivity contribution in [2.24, 2.45) is 0 Å². The Labute approximate surface area is 233 Å². The average Bonchev–Trinajstić information content (AvgIpc) is 3.05. The number of aromatic nitrogens is 1. The number of hydrogen-bond donors (Lipinski definition) is 2. The molecule has 40 heavy (non-hydrogen) atoms. The van der Waals surface area contributed by atoms with Gasteiger partial charge >= 0.3 is 6.03 Å². The van der Waals surface area contributed by atoms with E-state index in [-0.39, 0.29) is 24.4 Å². The minimum Gasteiger partial charge on any atom is -0.339 e. The van der Waals surface area contributed by atoms with E-state index >= 15 is 0 Å². The van der Waals surface area contributed by atoms with E-state index in [1.54, 1.807) is 23.2 Å². The number of carbonyl (C=O) groups is 3. The maximum absolute atomic E-state index is 14.0. The Morgan fingerprint density at radius 3 is 2.42 bits per heavy atom. The van der Waals surface area contributed by atoms with E-state index in [1.165, 1.54) is 5.01 Å². The quantitative estimate of drug-likeness (QED) is 0.393. The van der Waals surface area contributed by atoms with Crippen molar-refractivity contribution in [3.8, 4) is 0 Å². The molecular weight excluding hydrogens is 504 g/mol. The zero-order valence-electron chi connectivity index (χ0n) is 22.4. The van der Waals surface area contributed by atoms with E-state index < -0.39 is 6.04 Å². The van der Waals surface area contributed by atoms with Gasteiger partial charge in [0.2, 0.25) is 11.8 Å². The van der Waals surface area contributed by atoms with E-state index in [0.29, 0.717) is 31.7 Å². The van der Waals surface area contributed by atoms with E-state index in [0.717, 1.165) is 22.0 Å². The van der Waals surface area contributed by atoms with E-state index in [4.69, 9.17) is 0 Å². The maximum atomic E-state index is 14.0. The molecule has 1 atom stereocenters. The van der Waals surface area contributed by atoms with Crippen molar-refractivity contribution in [1.82, 2.24) is 30.5 Å². The largest absolute Gasteiger partial charge is 0.339 e. The van der Waals surface area contributed by atoms with Gasteiger partial charge in [-0.25, -0.2) is 9.80 Å². The van der Waals surface area contributed by atoms with Gasteiger partial charge in [-0.15, -0.1) is 0 Å². The first-order valence-corrected chi connectivity index (χ1v) is 13.3. The van der Waals surface area contributed by atoms with Crippen LogP contribution in [0.2, 0.25) is 0 Å². The van der Waals surface area contributed by atoms with Gasteiger partial charge in [0.15, 0.2) is 0 Å². The Bertz CT molecular complexity index is 1480. The SMILES string of the molecule is CN(C(=O)NCc1ccccc1)N1CCN(Cc2ccnc3ccccc23)C(=O)[C@H](c2ccccc2)NC(=O)C1. The van der Waals surface area contributed by atoms with Gasteiger partial charge in [-0.3, -0.25) is 19.6 Å². The molecule has 5 rings (SSSR count). The molecule has 204 valence electrons. The molecule has 1 saturated heterocycles. The summed E-state index contributed by atoms with van der Waals surface area (Å²) in [6.07, 6.45) is 1.74. The molecule has 1 aliphatic rings. The number of rotatable bonds is 6. The first-order valence-electron chi connectivity index (χ1n) is 13.3. The fourth-order valence-corrected chi connectivity index (χ4v) is 4.84. The van der Waals surface area contributed by atoms with Gasteiger partial charge in [0, 0.05) is 44.8 Å². The normalized spacial score (nSPS) is 16.5. The topological polar surface area (TPSA) is 97.9 Å². The molecule has 0 aliphatic carbocycles. The molecular formula is C31H32N6O3. The second kappa shape index (κ2) is 12.4. The number of hydrazine groups is 1. The van der Waals surface area contributed by atoms with Crippen LogP contribution in [0.25, 0.3) is 10.9 Å². The highest BCUT2D eigenvalue weighted by Crippen LogP contribution is 2.22. The van der Waals surface area contributed by atoms with Gasteiger partial charge in [0.05, 0.1) is 12.1 Å². The maximum Gasteiger partial charge on any atom is 0.331 e. The summed E-state index contributed by atoms with van der Waals surface area (Å²) in [7, 11) is 1.63. The summed E-state index contributed by atoms with van der Waals surface area (Å²) in [6, 6.07) is 27.4. The number of hydrogen-bond acceptors (Lipinski definition) is 5. The fourth-order valence-electron chi connectivity index (χ4n) is 4.84. The lowest BCUT2D eigenvalue weighted by atomic mass is 10.0. The highest BCUT2D eigenvalue weighted by Gasteiger charge is 2.32. The Morgan fingerprint density at radius 1 is 0.950 bits per heavy atom. The van der Waals surface area contributed by atoms with Crippen LogP contribution in [-0.2, 0) is 22.7 Å². The van der Waals surface area contributed by atoms with Crippen molar-refractivity contribution in [3.05, 3.63) is 114 Å². The van der Waals surface area contributed by atoms with Crippen LogP contribution in [-0.4, -0.2) is 64.4 Å². The Balaban J connectivity index is 1.40. The molecule has 0 spiro atoms. The molecule has 4 amide bonds. The molecule has 0 bridgehead atoms. The summed E-state index contributed by atoms with van der Waals surface area (Å²) >= 11 is 0. The number of carbonyl (C=O) groups excluding carboxylic acids is 3. The van der Waals surface area contributed by atoms with Crippen LogP contribution in [0.5, 0.6) is 0 Å². The second-order valence-electron chi connectivity index (χ2n) is 9.71. The molecule has 0 radical (unpaired) electrons. The van der Waals surface area contributed by atoms with Gasteiger partial charge < -0.3 is 15.5 Å². The van der Waals surface area contributed by atoms with Crippen molar-refractivity contribution >= 4 is 28.7 Å².